The summed E-state index contributed by atoms with van der Waals surface area (Å²) in [5.74, 6) is -0.0703. The molecule has 0 unspecified atom stereocenters. The quantitative estimate of drug-likeness (QED) is 0.900. The van der Waals surface area contributed by atoms with Gasteiger partial charge in [0.25, 0.3) is 0 Å². The van der Waals surface area contributed by atoms with Gasteiger partial charge in [-0.1, -0.05) is 23.8 Å². The molecular weight excluding hydrogens is 314 g/mol. The van der Waals surface area contributed by atoms with Gasteiger partial charge in [0.05, 0.1) is 0 Å². The highest BCUT2D eigenvalue weighted by atomic mass is 16.2. The zero-order valence-electron chi connectivity index (χ0n) is 14.8. The Kier molecular flexibility index (Phi) is 4.74. The van der Waals surface area contributed by atoms with Gasteiger partial charge in [-0.25, -0.2) is 4.79 Å². The Bertz CT molecular complexity index is 799. The minimum absolute atomic E-state index is 0.0703. The van der Waals surface area contributed by atoms with Crippen molar-refractivity contribution in [1.82, 2.24) is 5.32 Å². The van der Waals surface area contributed by atoms with Crippen LogP contribution >= 0.6 is 0 Å². The Balaban J connectivity index is 1.61. The molecule has 1 fully saturated rings. The predicted octanol–water partition coefficient (Wildman–Crippen LogP) is 3.54. The number of nitrogens with zero attached hydrogens (tertiary/aromatic N) is 1. The molecule has 1 aliphatic heterocycles. The van der Waals surface area contributed by atoms with Gasteiger partial charge in [0.1, 0.15) is 6.04 Å². The van der Waals surface area contributed by atoms with Gasteiger partial charge in [-0.15, -0.1) is 0 Å². The molecule has 3 amide bonds. The summed E-state index contributed by atoms with van der Waals surface area (Å²) in [4.78, 5) is 26.5. The van der Waals surface area contributed by atoms with E-state index in [4.69, 9.17) is 0 Å². The van der Waals surface area contributed by atoms with E-state index in [1.54, 1.807) is 4.90 Å². The van der Waals surface area contributed by atoms with Crippen molar-refractivity contribution in [3.05, 3.63) is 59.2 Å². The Morgan fingerprint density at radius 3 is 2.44 bits per heavy atom. The summed E-state index contributed by atoms with van der Waals surface area (Å²) < 4.78 is 0. The fourth-order valence-electron chi connectivity index (χ4n) is 2.94. The van der Waals surface area contributed by atoms with Crippen molar-refractivity contribution in [2.24, 2.45) is 0 Å². The lowest BCUT2D eigenvalue weighted by Gasteiger charge is -2.17. The number of benzene rings is 2. The van der Waals surface area contributed by atoms with Gasteiger partial charge >= 0.3 is 6.03 Å². The smallest absolute Gasteiger partial charge is 0.319 e. The molecular formula is C20H23N3O2. The van der Waals surface area contributed by atoms with E-state index in [1.807, 2.05) is 63.2 Å². The average molecular weight is 337 g/mol. The Labute approximate surface area is 148 Å². The van der Waals surface area contributed by atoms with E-state index in [0.29, 0.717) is 13.0 Å². The second-order valence-electron chi connectivity index (χ2n) is 6.56. The van der Waals surface area contributed by atoms with Gasteiger partial charge < -0.3 is 15.5 Å². The predicted molar refractivity (Wildman–Crippen MR) is 100 cm³/mol. The van der Waals surface area contributed by atoms with E-state index in [9.17, 15) is 9.59 Å². The second-order valence-corrected chi connectivity index (χ2v) is 6.56. The molecule has 1 aliphatic rings. The SMILES string of the molecule is Cc1ccc(N2CC[C@@H](NC(=O)Nc3ccc(C)c(C)c3)C2=O)cc1. The molecule has 3 rings (SSSR count). The van der Waals surface area contributed by atoms with Crippen molar-refractivity contribution in [1.29, 1.82) is 0 Å². The number of aryl methyl sites for hydroxylation is 3. The minimum atomic E-state index is -0.493. The molecule has 0 aromatic heterocycles. The minimum Gasteiger partial charge on any atom is -0.326 e. The summed E-state index contributed by atoms with van der Waals surface area (Å²) in [6.45, 7) is 6.64. The second kappa shape index (κ2) is 6.97. The van der Waals surface area contributed by atoms with Crippen LogP contribution in [-0.4, -0.2) is 24.5 Å². The molecule has 0 saturated carbocycles. The normalized spacial score (nSPS) is 16.8. The number of carbonyl (C=O) groups is 2. The van der Waals surface area contributed by atoms with Crippen LogP contribution in [0.5, 0.6) is 0 Å². The van der Waals surface area contributed by atoms with Crippen molar-refractivity contribution in [2.45, 2.75) is 33.2 Å². The van der Waals surface area contributed by atoms with E-state index < -0.39 is 6.04 Å². The van der Waals surface area contributed by atoms with Crippen molar-refractivity contribution in [3.63, 3.8) is 0 Å². The molecule has 25 heavy (non-hydrogen) atoms. The van der Waals surface area contributed by atoms with Gasteiger partial charge in [0.2, 0.25) is 5.91 Å². The lowest BCUT2D eigenvalue weighted by atomic mass is 10.1. The van der Waals surface area contributed by atoms with Crippen molar-refractivity contribution < 1.29 is 9.59 Å². The van der Waals surface area contributed by atoms with E-state index in [2.05, 4.69) is 10.6 Å². The number of anilines is 2. The molecule has 0 radical (unpaired) electrons. The first-order chi connectivity index (χ1) is 11.9. The maximum atomic E-state index is 12.6. The summed E-state index contributed by atoms with van der Waals surface area (Å²) in [5, 5.41) is 5.58. The van der Waals surface area contributed by atoms with Crippen LogP contribution in [0.4, 0.5) is 16.2 Å². The Morgan fingerprint density at radius 2 is 1.76 bits per heavy atom. The highest BCUT2D eigenvalue weighted by Gasteiger charge is 2.33. The number of hydrogen-bond acceptors (Lipinski definition) is 2. The molecule has 1 heterocycles. The van der Waals surface area contributed by atoms with E-state index in [-0.39, 0.29) is 11.9 Å². The summed E-state index contributed by atoms with van der Waals surface area (Å²) >= 11 is 0. The van der Waals surface area contributed by atoms with Gasteiger partial charge in [-0.2, -0.15) is 0 Å². The number of urea groups is 1. The van der Waals surface area contributed by atoms with E-state index in [1.165, 1.54) is 5.56 Å². The maximum Gasteiger partial charge on any atom is 0.319 e. The van der Waals surface area contributed by atoms with Crippen LogP contribution in [0.3, 0.4) is 0 Å². The first-order valence-corrected chi connectivity index (χ1v) is 8.47. The monoisotopic (exact) mass is 337 g/mol. The van der Waals surface area contributed by atoms with Gasteiger partial charge in [-0.05, 0) is 62.6 Å². The number of amides is 3. The molecule has 130 valence electrons. The van der Waals surface area contributed by atoms with Crippen LogP contribution in [0.1, 0.15) is 23.1 Å². The third-order valence-electron chi connectivity index (χ3n) is 4.62. The molecule has 5 heteroatoms. The highest BCUT2D eigenvalue weighted by Crippen LogP contribution is 2.22. The van der Waals surface area contributed by atoms with Gasteiger partial charge in [0, 0.05) is 17.9 Å². The number of nitrogens with one attached hydrogen (secondary N) is 2. The fraction of sp³-hybridized carbons (Fsp3) is 0.300. The summed E-state index contributed by atoms with van der Waals surface area (Å²) in [6, 6.07) is 12.7. The third kappa shape index (κ3) is 3.82. The van der Waals surface area contributed by atoms with E-state index in [0.717, 1.165) is 22.5 Å². The standard InChI is InChI=1S/C20H23N3O2/c1-13-4-8-17(9-5-13)23-11-10-18(19(23)24)22-20(25)21-16-7-6-14(2)15(3)12-16/h4-9,12,18H,10-11H2,1-3H3,(H2,21,22,25)/t18-/m1/s1. The van der Waals surface area contributed by atoms with Crippen LogP contribution in [0, 0.1) is 20.8 Å². The molecule has 2 aromatic carbocycles. The first-order valence-electron chi connectivity index (χ1n) is 8.47. The molecule has 1 atom stereocenters. The van der Waals surface area contributed by atoms with Gasteiger partial charge in [-0.3, -0.25) is 4.79 Å². The Morgan fingerprint density at radius 1 is 1.04 bits per heavy atom. The molecule has 2 N–H and O–H groups in total. The highest BCUT2D eigenvalue weighted by molar-refractivity contribution is 6.02. The molecule has 2 aromatic rings. The molecule has 0 bridgehead atoms. The van der Waals surface area contributed by atoms with Crippen molar-refractivity contribution in [3.8, 4) is 0 Å². The molecule has 1 saturated heterocycles. The zero-order valence-corrected chi connectivity index (χ0v) is 14.8. The first kappa shape index (κ1) is 17.0. The summed E-state index contributed by atoms with van der Waals surface area (Å²) in [5.41, 5.74) is 5.03. The molecule has 5 nitrogen and oxygen atoms in total. The number of carbonyl (C=O) groups excluding carboxylic acids is 2. The van der Waals surface area contributed by atoms with Crippen LogP contribution in [0.2, 0.25) is 0 Å². The van der Waals surface area contributed by atoms with Crippen molar-refractivity contribution >= 4 is 23.3 Å². The lowest BCUT2D eigenvalue weighted by Crippen LogP contribution is -2.43. The van der Waals surface area contributed by atoms with Crippen molar-refractivity contribution in [2.75, 3.05) is 16.8 Å². The Hall–Kier alpha value is -2.82. The molecule has 0 aliphatic carbocycles. The maximum absolute atomic E-state index is 12.6. The number of hydrogen-bond donors (Lipinski definition) is 2. The average Bonchev–Trinajstić information content (AvgIpc) is 2.93. The zero-order chi connectivity index (χ0) is 18.0. The molecule has 0 spiro atoms. The summed E-state index contributed by atoms with van der Waals surface area (Å²) in [6.07, 6.45) is 0.604. The number of rotatable bonds is 3. The van der Waals surface area contributed by atoms with E-state index >= 15 is 0 Å². The van der Waals surface area contributed by atoms with Crippen LogP contribution < -0.4 is 15.5 Å². The lowest BCUT2D eigenvalue weighted by molar-refractivity contribution is -0.118. The fourth-order valence-corrected chi connectivity index (χ4v) is 2.94. The topological polar surface area (TPSA) is 61.4 Å². The van der Waals surface area contributed by atoms with Gasteiger partial charge in [0.15, 0.2) is 0 Å². The third-order valence-corrected chi connectivity index (χ3v) is 4.62. The summed E-state index contributed by atoms with van der Waals surface area (Å²) in [7, 11) is 0. The van der Waals surface area contributed by atoms with Crippen LogP contribution in [-0.2, 0) is 4.79 Å². The largest absolute Gasteiger partial charge is 0.326 e. The van der Waals surface area contributed by atoms with Crippen LogP contribution in [0.25, 0.3) is 0 Å². The van der Waals surface area contributed by atoms with Crippen LogP contribution in [0.15, 0.2) is 42.5 Å².